The van der Waals surface area contributed by atoms with E-state index in [9.17, 15) is 0 Å². The predicted molar refractivity (Wildman–Crippen MR) is 274 cm³/mol. The average Bonchev–Trinajstić information content (AvgIpc) is 3.28. The lowest BCUT2D eigenvalue weighted by molar-refractivity contribution is 0.545. The van der Waals surface area contributed by atoms with Crippen molar-refractivity contribution in [3.05, 3.63) is 59.7 Å². The fraction of sp³-hybridized carbons (Fsp3) is 0.695. The van der Waals surface area contributed by atoms with Gasteiger partial charge in [-0.25, -0.2) is 0 Å². The lowest BCUT2D eigenvalue weighted by Gasteiger charge is -2.14. The Morgan fingerprint density at radius 3 is 1.00 bits per heavy atom. The monoisotopic (exact) mass is 831 g/mol. The van der Waals surface area contributed by atoms with Gasteiger partial charge in [-0.05, 0) is 74.6 Å². The van der Waals surface area contributed by atoms with Crippen molar-refractivity contribution in [2.24, 2.45) is 9.98 Å². The van der Waals surface area contributed by atoms with E-state index < -0.39 is 0 Å². The average molecular weight is 831 g/mol. The van der Waals surface area contributed by atoms with E-state index in [4.69, 9.17) is 9.98 Å². The van der Waals surface area contributed by atoms with Gasteiger partial charge in [-0.1, -0.05) is 225 Å². The lowest BCUT2D eigenvalue weighted by Crippen LogP contribution is -2.15. The molecule has 0 bridgehead atoms. The van der Waals surface area contributed by atoms with E-state index in [0.717, 1.165) is 82.0 Å². The molecule has 2 heteroatoms. The first-order chi connectivity index (χ1) is 30.2. The van der Waals surface area contributed by atoms with E-state index >= 15 is 0 Å². The largest absolute Gasteiger partial charge is 0.251 e. The quantitative estimate of drug-likeness (QED) is 0.0366. The minimum atomic E-state index is 0.891. The maximum absolute atomic E-state index is 5.46. The number of aliphatic imine (C=N–C) groups is 2. The fourth-order valence-electron chi connectivity index (χ4n) is 8.23. The Labute approximate surface area is 379 Å². The van der Waals surface area contributed by atoms with Crippen LogP contribution in [0.1, 0.15) is 264 Å². The highest BCUT2D eigenvalue weighted by molar-refractivity contribution is 6.43. The molecule has 0 fully saturated rings. The van der Waals surface area contributed by atoms with Crippen LogP contribution in [-0.4, -0.2) is 11.4 Å². The van der Waals surface area contributed by atoms with Gasteiger partial charge in [0.05, 0.1) is 22.8 Å². The van der Waals surface area contributed by atoms with Gasteiger partial charge < -0.3 is 0 Å². The molecule has 0 unspecified atom stereocenters. The normalized spacial score (nSPS) is 11.7. The van der Waals surface area contributed by atoms with E-state index in [2.05, 4.69) is 99.9 Å². The number of para-hydroxylation sites is 2. The summed E-state index contributed by atoms with van der Waals surface area (Å²) in [5.74, 6) is 14.0. The number of benzene rings is 2. The third-order valence-electron chi connectivity index (χ3n) is 12.2. The molecule has 0 aliphatic rings. The van der Waals surface area contributed by atoms with Crippen molar-refractivity contribution in [1.82, 2.24) is 0 Å². The van der Waals surface area contributed by atoms with Gasteiger partial charge in [-0.2, -0.15) is 0 Å². The lowest BCUT2D eigenvalue weighted by atomic mass is 10.0. The molecule has 0 amide bonds. The van der Waals surface area contributed by atoms with E-state index in [0.29, 0.717) is 0 Å². The first-order valence-corrected chi connectivity index (χ1v) is 26.5. The Morgan fingerprint density at radius 2 is 0.623 bits per heavy atom. The summed E-state index contributed by atoms with van der Waals surface area (Å²) in [7, 11) is 0. The maximum atomic E-state index is 5.46. The summed E-state index contributed by atoms with van der Waals surface area (Å²) in [6.07, 6.45) is 46.8. The molecular weight excluding hydrogens is 737 g/mol. The standard InChI is InChI=1S/C59H94N2/c1-5-9-13-15-17-19-21-23-25-27-29-31-33-35-37-40-46-54-48-42-44-51-56(54)60-58(50-12-8-4)59(53-39-11-7-3)61-57-52-45-43-49-55(57)47-41-38-36-34-32-30-28-26-24-22-20-18-16-14-10-6-2/h42-45,48-49,51-52H,5-34,39-41,46-47,50,53H2,1-4H3. The van der Waals surface area contributed by atoms with E-state index in [1.807, 2.05) is 0 Å². The van der Waals surface area contributed by atoms with E-state index in [-0.39, 0.29) is 0 Å². The highest BCUT2D eigenvalue weighted by Gasteiger charge is 2.13. The molecule has 2 aromatic carbocycles. The van der Waals surface area contributed by atoms with E-state index in [1.165, 1.54) is 189 Å². The van der Waals surface area contributed by atoms with Gasteiger partial charge in [0, 0.05) is 25.7 Å². The van der Waals surface area contributed by atoms with Crippen LogP contribution >= 0.6 is 0 Å². The second-order valence-electron chi connectivity index (χ2n) is 17.9. The summed E-state index contributed by atoms with van der Waals surface area (Å²) >= 11 is 0. The van der Waals surface area contributed by atoms with Crippen LogP contribution in [0.4, 0.5) is 11.4 Å². The Hall–Kier alpha value is -3.10. The maximum Gasteiger partial charge on any atom is 0.0666 e. The van der Waals surface area contributed by atoms with Crippen LogP contribution in [0.2, 0.25) is 0 Å². The Bertz CT molecular complexity index is 1510. The molecule has 0 saturated heterocycles. The molecule has 340 valence electrons. The van der Waals surface area contributed by atoms with Crippen LogP contribution in [0.25, 0.3) is 0 Å². The predicted octanol–water partition coefficient (Wildman–Crippen LogP) is 19.4. The summed E-state index contributed by atoms with van der Waals surface area (Å²) in [5.41, 5.74) is 7.12. The molecular formula is C59H94N2. The van der Waals surface area contributed by atoms with Gasteiger partial charge in [-0.15, -0.1) is 23.7 Å². The van der Waals surface area contributed by atoms with E-state index in [1.54, 1.807) is 0 Å². The second-order valence-corrected chi connectivity index (χ2v) is 17.9. The van der Waals surface area contributed by atoms with Crippen LogP contribution in [0.3, 0.4) is 0 Å². The van der Waals surface area contributed by atoms with Crippen LogP contribution in [0, 0.1) is 23.7 Å². The van der Waals surface area contributed by atoms with Crippen molar-refractivity contribution in [2.45, 2.75) is 265 Å². The summed E-state index contributed by atoms with van der Waals surface area (Å²) < 4.78 is 0. The van der Waals surface area contributed by atoms with Crippen molar-refractivity contribution in [3.8, 4) is 23.7 Å². The molecule has 0 spiro atoms. The van der Waals surface area contributed by atoms with Gasteiger partial charge in [0.2, 0.25) is 0 Å². The number of hydrogen-bond donors (Lipinski definition) is 0. The molecule has 2 nitrogen and oxygen atoms in total. The summed E-state index contributed by atoms with van der Waals surface area (Å²) in [4.78, 5) is 10.9. The van der Waals surface area contributed by atoms with Gasteiger partial charge in [0.25, 0.3) is 0 Å². The molecule has 0 aliphatic heterocycles. The third-order valence-corrected chi connectivity index (χ3v) is 12.2. The second kappa shape index (κ2) is 40.9. The summed E-state index contributed by atoms with van der Waals surface area (Å²) in [6.45, 7) is 9.16. The molecule has 0 atom stereocenters. The fourth-order valence-corrected chi connectivity index (χ4v) is 8.23. The van der Waals surface area contributed by atoms with Crippen molar-refractivity contribution >= 4 is 22.8 Å². The zero-order valence-electron chi connectivity index (χ0n) is 40.7. The topological polar surface area (TPSA) is 24.7 Å². The number of hydrogen-bond acceptors (Lipinski definition) is 2. The van der Waals surface area contributed by atoms with Crippen LogP contribution in [-0.2, 0) is 12.8 Å². The van der Waals surface area contributed by atoms with Crippen molar-refractivity contribution in [3.63, 3.8) is 0 Å². The minimum Gasteiger partial charge on any atom is -0.251 e. The van der Waals surface area contributed by atoms with Crippen molar-refractivity contribution in [1.29, 1.82) is 0 Å². The van der Waals surface area contributed by atoms with Crippen molar-refractivity contribution < 1.29 is 0 Å². The summed E-state index contributed by atoms with van der Waals surface area (Å²) in [5, 5.41) is 0. The molecule has 61 heavy (non-hydrogen) atoms. The number of nitrogens with zero attached hydrogens (tertiary/aromatic N) is 2. The van der Waals surface area contributed by atoms with Gasteiger partial charge in [0.15, 0.2) is 0 Å². The van der Waals surface area contributed by atoms with Gasteiger partial charge in [-0.3, -0.25) is 9.98 Å². The molecule has 0 aliphatic carbocycles. The molecule has 0 aromatic heterocycles. The first kappa shape index (κ1) is 54.0. The minimum absolute atomic E-state index is 0.891. The highest BCUT2D eigenvalue weighted by atomic mass is 14.8. The van der Waals surface area contributed by atoms with Gasteiger partial charge in [0.1, 0.15) is 0 Å². The van der Waals surface area contributed by atoms with Crippen LogP contribution < -0.4 is 0 Å². The van der Waals surface area contributed by atoms with Crippen molar-refractivity contribution in [2.75, 3.05) is 0 Å². The molecule has 2 aromatic rings. The Morgan fingerprint density at radius 1 is 0.328 bits per heavy atom. The van der Waals surface area contributed by atoms with Gasteiger partial charge >= 0.3 is 0 Å². The SMILES string of the molecule is CCCCCCCCCCCCCCC#CCCc1ccccc1N=C(CCCC)C(CCCCC)=Nc1ccccc1CCC#CCCCCCCCCCCCCCC. The van der Waals surface area contributed by atoms with Crippen LogP contribution in [0.5, 0.6) is 0 Å². The van der Waals surface area contributed by atoms with Crippen LogP contribution in [0.15, 0.2) is 58.5 Å². The highest BCUT2D eigenvalue weighted by Crippen LogP contribution is 2.26. The molecule has 0 heterocycles. The number of rotatable bonds is 38. The first-order valence-electron chi connectivity index (χ1n) is 26.5. The summed E-state index contributed by atoms with van der Waals surface area (Å²) in [6, 6.07) is 17.5. The molecule has 2 rings (SSSR count). The zero-order valence-corrected chi connectivity index (χ0v) is 40.7. The Kier molecular flexibility index (Phi) is 36.3. The molecule has 0 radical (unpaired) electrons. The number of unbranched alkanes of at least 4 members (excludes halogenated alkanes) is 27. The Balaban J connectivity index is 1.94. The molecule has 0 N–H and O–H groups in total. The number of aryl methyl sites for hydroxylation is 2. The molecule has 0 saturated carbocycles. The smallest absolute Gasteiger partial charge is 0.0666 e. The zero-order chi connectivity index (χ0) is 43.5. The third kappa shape index (κ3) is 29.8.